The Hall–Kier alpha value is -3.04. The monoisotopic (exact) mass is 345 g/mol. The normalized spacial score (nSPS) is 17.0. The lowest BCUT2D eigenvalue weighted by Crippen LogP contribution is -2.48. The van der Waals surface area contributed by atoms with Crippen molar-refractivity contribution in [3.8, 4) is 12.0 Å². The third-order valence-electron chi connectivity index (χ3n) is 3.80. The maximum absolute atomic E-state index is 12.3. The van der Waals surface area contributed by atoms with E-state index in [9.17, 15) is 4.79 Å². The lowest BCUT2D eigenvalue weighted by Gasteiger charge is -2.33. The number of carbonyl (C=O) groups excluding carboxylic acids is 1. The Morgan fingerprint density at radius 2 is 2.00 bits per heavy atom. The van der Waals surface area contributed by atoms with Crippen molar-refractivity contribution in [2.75, 3.05) is 32.2 Å². The van der Waals surface area contributed by atoms with Gasteiger partial charge in [0.2, 0.25) is 5.95 Å². The molecule has 25 heavy (non-hydrogen) atoms. The van der Waals surface area contributed by atoms with Crippen LogP contribution in [0.2, 0.25) is 0 Å². The topological polar surface area (TPSA) is 115 Å². The Labute approximate surface area is 144 Å². The van der Waals surface area contributed by atoms with Gasteiger partial charge in [-0.15, -0.1) is 4.98 Å². The average Bonchev–Trinajstić information content (AvgIpc) is 2.68. The number of rotatable bonds is 5. The minimum Gasteiger partial charge on any atom is -0.467 e. The first-order valence-corrected chi connectivity index (χ1v) is 7.85. The van der Waals surface area contributed by atoms with Gasteiger partial charge in [0.05, 0.1) is 14.2 Å². The molecule has 10 nitrogen and oxygen atoms in total. The van der Waals surface area contributed by atoms with E-state index in [0.717, 1.165) is 19.4 Å². The summed E-state index contributed by atoms with van der Waals surface area (Å²) < 4.78 is 10.2. The average molecular weight is 345 g/mol. The summed E-state index contributed by atoms with van der Waals surface area (Å²) in [5.41, 5.74) is 0.343. The van der Waals surface area contributed by atoms with E-state index in [2.05, 4.69) is 30.2 Å². The highest BCUT2D eigenvalue weighted by Gasteiger charge is 2.25. The Bertz CT molecular complexity index is 706. The van der Waals surface area contributed by atoms with Crippen LogP contribution < -0.4 is 19.7 Å². The molecule has 0 spiro atoms. The van der Waals surface area contributed by atoms with Crippen molar-refractivity contribution in [1.29, 1.82) is 0 Å². The first kappa shape index (κ1) is 16.8. The molecular formula is C15H19N7O3. The van der Waals surface area contributed by atoms with Gasteiger partial charge < -0.3 is 19.7 Å². The van der Waals surface area contributed by atoms with E-state index in [4.69, 9.17) is 9.47 Å². The molecule has 132 valence electrons. The van der Waals surface area contributed by atoms with Gasteiger partial charge in [0.1, 0.15) is 12.0 Å². The van der Waals surface area contributed by atoms with Crippen molar-refractivity contribution >= 4 is 11.9 Å². The van der Waals surface area contributed by atoms with Gasteiger partial charge in [-0.1, -0.05) is 0 Å². The summed E-state index contributed by atoms with van der Waals surface area (Å²) in [6, 6.07) is 1.92. The van der Waals surface area contributed by atoms with Crippen LogP contribution in [0.1, 0.15) is 23.3 Å². The molecule has 1 fully saturated rings. The third-order valence-corrected chi connectivity index (χ3v) is 3.80. The highest BCUT2D eigenvalue weighted by Crippen LogP contribution is 2.20. The van der Waals surface area contributed by atoms with Crippen LogP contribution in [0.15, 0.2) is 18.6 Å². The van der Waals surface area contributed by atoms with Crippen LogP contribution in [0.4, 0.5) is 5.95 Å². The molecule has 0 saturated carbocycles. The number of piperidine rings is 1. The highest BCUT2D eigenvalue weighted by molar-refractivity contribution is 5.92. The predicted octanol–water partition coefficient (Wildman–Crippen LogP) is 0.0776. The molecule has 0 aliphatic carbocycles. The first-order chi connectivity index (χ1) is 12.2. The Kier molecular flexibility index (Phi) is 5.17. The van der Waals surface area contributed by atoms with Gasteiger partial charge >= 0.3 is 12.0 Å². The number of ether oxygens (including phenoxy) is 2. The fourth-order valence-electron chi connectivity index (χ4n) is 2.61. The van der Waals surface area contributed by atoms with Crippen LogP contribution in [-0.2, 0) is 0 Å². The molecule has 0 radical (unpaired) electrons. The zero-order chi connectivity index (χ0) is 17.6. The number of carbonyl (C=O) groups is 1. The number of nitrogens with zero attached hydrogens (tertiary/aromatic N) is 6. The minimum absolute atomic E-state index is 0.0371. The molecule has 1 N–H and O–H groups in total. The number of aromatic nitrogens is 5. The predicted molar refractivity (Wildman–Crippen MR) is 87.7 cm³/mol. The van der Waals surface area contributed by atoms with Gasteiger partial charge in [-0.3, -0.25) is 4.79 Å². The zero-order valence-electron chi connectivity index (χ0n) is 14.0. The van der Waals surface area contributed by atoms with E-state index in [1.165, 1.54) is 20.5 Å². The molecule has 1 saturated heterocycles. The molecule has 10 heteroatoms. The first-order valence-electron chi connectivity index (χ1n) is 7.85. The van der Waals surface area contributed by atoms with Crippen LogP contribution in [0, 0.1) is 0 Å². The number of anilines is 1. The molecular weight excluding hydrogens is 326 g/mol. The summed E-state index contributed by atoms with van der Waals surface area (Å²) in [5.74, 6) is 0.241. The molecule has 0 bridgehead atoms. The van der Waals surface area contributed by atoms with Crippen LogP contribution in [0.5, 0.6) is 12.0 Å². The highest BCUT2D eigenvalue weighted by atomic mass is 16.5. The van der Waals surface area contributed by atoms with E-state index in [-0.39, 0.29) is 24.0 Å². The fourth-order valence-corrected chi connectivity index (χ4v) is 2.61. The summed E-state index contributed by atoms with van der Waals surface area (Å²) >= 11 is 0. The summed E-state index contributed by atoms with van der Waals surface area (Å²) in [7, 11) is 2.97. The van der Waals surface area contributed by atoms with Gasteiger partial charge in [0.25, 0.3) is 5.91 Å². The van der Waals surface area contributed by atoms with E-state index in [0.29, 0.717) is 18.2 Å². The maximum atomic E-state index is 12.3. The molecule has 2 aromatic heterocycles. The second kappa shape index (κ2) is 7.69. The minimum atomic E-state index is -0.222. The van der Waals surface area contributed by atoms with E-state index >= 15 is 0 Å². The van der Waals surface area contributed by atoms with E-state index < -0.39 is 0 Å². The smallest absolute Gasteiger partial charge is 0.324 e. The van der Waals surface area contributed by atoms with Gasteiger partial charge in [0, 0.05) is 25.3 Å². The molecule has 2 aromatic rings. The van der Waals surface area contributed by atoms with E-state index in [1.807, 2.05) is 4.90 Å². The van der Waals surface area contributed by atoms with Crippen LogP contribution >= 0.6 is 0 Å². The molecule has 1 atom stereocenters. The van der Waals surface area contributed by atoms with Crippen molar-refractivity contribution in [1.82, 2.24) is 30.2 Å². The van der Waals surface area contributed by atoms with Crippen molar-refractivity contribution in [3.63, 3.8) is 0 Å². The lowest BCUT2D eigenvalue weighted by molar-refractivity contribution is 0.0927. The summed E-state index contributed by atoms with van der Waals surface area (Å²) in [4.78, 5) is 34.5. The summed E-state index contributed by atoms with van der Waals surface area (Å²) in [5, 5.41) is 2.99. The standard InChI is InChI=1S/C15H19N7O3/c1-24-14-19-13(20-15(21-14)25-2)22-7-3-4-10(8-22)18-12(23)11-5-6-16-9-17-11/h5-6,9-10H,3-4,7-8H2,1-2H3,(H,18,23). The van der Waals surface area contributed by atoms with Crippen molar-refractivity contribution in [3.05, 3.63) is 24.3 Å². The molecule has 0 aromatic carbocycles. The third kappa shape index (κ3) is 4.08. The number of amides is 1. The number of hydrogen-bond donors (Lipinski definition) is 1. The zero-order valence-corrected chi connectivity index (χ0v) is 14.0. The lowest BCUT2D eigenvalue weighted by atomic mass is 10.1. The van der Waals surface area contributed by atoms with Gasteiger partial charge in [0.15, 0.2) is 0 Å². The summed E-state index contributed by atoms with van der Waals surface area (Å²) in [6.45, 7) is 1.35. The SMILES string of the molecule is COc1nc(OC)nc(N2CCCC(NC(=O)c3ccncn3)C2)n1. The Morgan fingerprint density at radius 1 is 1.24 bits per heavy atom. The summed E-state index contributed by atoms with van der Waals surface area (Å²) in [6.07, 6.45) is 4.65. The molecule has 3 rings (SSSR count). The van der Waals surface area contributed by atoms with Crippen molar-refractivity contribution in [2.45, 2.75) is 18.9 Å². The molecule has 1 amide bonds. The quantitative estimate of drug-likeness (QED) is 0.804. The van der Waals surface area contributed by atoms with Crippen molar-refractivity contribution < 1.29 is 14.3 Å². The molecule has 1 aliphatic heterocycles. The fraction of sp³-hybridized carbons (Fsp3) is 0.467. The molecule has 3 heterocycles. The Balaban J connectivity index is 1.70. The number of nitrogens with one attached hydrogen (secondary N) is 1. The Morgan fingerprint density at radius 3 is 2.64 bits per heavy atom. The van der Waals surface area contributed by atoms with Crippen molar-refractivity contribution in [2.24, 2.45) is 0 Å². The van der Waals surface area contributed by atoms with E-state index in [1.54, 1.807) is 12.3 Å². The molecule has 1 unspecified atom stereocenters. The van der Waals surface area contributed by atoms with Crippen LogP contribution in [0.25, 0.3) is 0 Å². The second-order valence-corrected chi connectivity index (χ2v) is 5.46. The number of hydrogen-bond acceptors (Lipinski definition) is 9. The van der Waals surface area contributed by atoms with Gasteiger partial charge in [-0.25, -0.2) is 9.97 Å². The van der Waals surface area contributed by atoms with Crippen LogP contribution in [0.3, 0.4) is 0 Å². The van der Waals surface area contributed by atoms with Gasteiger partial charge in [-0.2, -0.15) is 9.97 Å². The van der Waals surface area contributed by atoms with Gasteiger partial charge in [-0.05, 0) is 18.9 Å². The number of methoxy groups -OCH3 is 2. The maximum Gasteiger partial charge on any atom is 0.324 e. The second-order valence-electron chi connectivity index (χ2n) is 5.46. The molecule has 1 aliphatic rings. The largest absolute Gasteiger partial charge is 0.467 e. The van der Waals surface area contributed by atoms with Crippen LogP contribution in [-0.4, -0.2) is 64.2 Å².